The molecule has 0 radical (unpaired) electrons. The third-order valence-electron chi connectivity index (χ3n) is 2.21. The quantitative estimate of drug-likeness (QED) is 0.755. The topological polar surface area (TPSA) is 77.0 Å². The average Bonchev–Trinajstić information content (AvgIpc) is 2.64. The Balaban J connectivity index is 2.36. The summed E-state index contributed by atoms with van der Waals surface area (Å²) < 4.78 is 6.46. The summed E-state index contributed by atoms with van der Waals surface area (Å²) >= 11 is 0. The van der Waals surface area contributed by atoms with E-state index in [2.05, 4.69) is 10.2 Å². The van der Waals surface area contributed by atoms with E-state index < -0.39 is 0 Å². The van der Waals surface area contributed by atoms with Gasteiger partial charge in [0.1, 0.15) is 6.54 Å². The minimum absolute atomic E-state index is 0.0858. The molecule has 0 saturated heterocycles. The first kappa shape index (κ1) is 10.4. The van der Waals surface area contributed by atoms with Gasteiger partial charge in [0.25, 0.3) is 5.56 Å². The summed E-state index contributed by atoms with van der Waals surface area (Å²) in [6.45, 7) is 2.18. The maximum atomic E-state index is 11.4. The van der Waals surface area contributed by atoms with Gasteiger partial charge in [-0.1, -0.05) is 0 Å². The van der Waals surface area contributed by atoms with Crippen LogP contribution in [0, 0.1) is 0 Å². The summed E-state index contributed by atoms with van der Waals surface area (Å²) in [6, 6.07) is 1.65. The zero-order valence-corrected chi connectivity index (χ0v) is 8.77. The number of aromatic nitrogens is 3. The maximum Gasteiger partial charge on any atom is 0.325 e. The fourth-order valence-corrected chi connectivity index (χ4v) is 1.52. The standard InChI is InChI=1S/C10H11N3O3/c1-2-16-9(14)6-13-4-3-7-8(13)5-11-12-10(7)15/h3-5H,2,6H2,1H3,(H,12,15). The molecule has 0 aliphatic heterocycles. The van der Waals surface area contributed by atoms with E-state index in [0.29, 0.717) is 17.5 Å². The molecular weight excluding hydrogens is 210 g/mol. The van der Waals surface area contributed by atoms with E-state index in [9.17, 15) is 9.59 Å². The Morgan fingerprint density at radius 2 is 2.44 bits per heavy atom. The molecule has 0 saturated carbocycles. The molecule has 0 aromatic carbocycles. The van der Waals surface area contributed by atoms with E-state index in [1.807, 2.05) is 0 Å². The van der Waals surface area contributed by atoms with Crippen molar-refractivity contribution in [3.05, 3.63) is 28.8 Å². The molecule has 0 amide bonds. The SMILES string of the molecule is CCOC(=O)Cn1ccc2c(=O)[nH]ncc21. The molecule has 0 aliphatic rings. The Morgan fingerprint density at radius 1 is 1.62 bits per heavy atom. The molecule has 0 bridgehead atoms. The van der Waals surface area contributed by atoms with Gasteiger partial charge in [0, 0.05) is 6.20 Å². The highest BCUT2D eigenvalue weighted by Crippen LogP contribution is 2.09. The van der Waals surface area contributed by atoms with Crippen LogP contribution < -0.4 is 5.56 Å². The molecule has 0 fully saturated rings. The van der Waals surface area contributed by atoms with Gasteiger partial charge in [0.2, 0.25) is 0 Å². The van der Waals surface area contributed by atoms with Crippen LogP contribution in [-0.2, 0) is 16.1 Å². The van der Waals surface area contributed by atoms with Crippen LogP contribution in [0.5, 0.6) is 0 Å². The van der Waals surface area contributed by atoms with Crippen LogP contribution in [0.15, 0.2) is 23.3 Å². The van der Waals surface area contributed by atoms with Crippen molar-refractivity contribution in [3.8, 4) is 0 Å². The van der Waals surface area contributed by atoms with Crippen molar-refractivity contribution in [2.24, 2.45) is 0 Å². The predicted molar refractivity (Wildman–Crippen MR) is 57.0 cm³/mol. The van der Waals surface area contributed by atoms with Gasteiger partial charge in [0.05, 0.1) is 23.7 Å². The van der Waals surface area contributed by atoms with Crippen LogP contribution >= 0.6 is 0 Å². The smallest absolute Gasteiger partial charge is 0.325 e. The van der Waals surface area contributed by atoms with Crippen molar-refractivity contribution in [2.45, 2.75) is 13.5 Å². The lowest BCUT2D eigenvalue weighted by Crippen LogP contribution is -2.13. The van der Waals surface area contributed by atoms with Crippen molar-refractivity contribution in [3.63, 3.8) is 0 Å². The van der Waals surface area contributed by atoms with Crippen molar-refractivity contribution in [2.75, 3.05) is 6.61 Å². The number of nitrogens with one attached hydrogen (secondary N) is 1. The highest BCUT2D eigenvalue weighted by Gasteiger charge is 2.08. The normalized spacial score (nSPS) is 10.6. The third kappa shape index (κ3) is 1.81. The second kappa shape index (κ2) is 4.18. The fourth-order valence-electron chi connectivity index (χ4n) is 1.52. The summed E-state index contributed by atoms with van der Waals surface area (Å²) in [6.07, 6.45) is 3.18. The van der Waals surface area contributed by atoms with Crippen LogP contribution in [0.25, 0.3) is 10.9 Å². The lowest BCUT2D eigenvalue weighted by molar-refractivity contribution is -0.143. The molecule has 84 valence electrons. The molecular formula is C10H11N3O3. The Kier molecular flexibility index (Phi) is 2.72. The number of ether oxygens (including phenoxy) is 1. The summed E-state index contributed by atoms with van der Waals surface area (Å²) in [5, 5.41) is 6.53. The van der Waals surface area contributed by atoms with Gasteiger partial charge in [-0.3, -0.25) is 9.59 Å². The molecule has 2 heterocycles. The van der Waals surface area contributed by atoms with Gasteiger partial charge in [-0.2, -0.15) is 5.10 Å². The van der Waals surface area contributed by atoms with Crippen LogP contribution in [0.1, 0.15) is 6.92 Å². The third-order valence-corrected chi connectivity index (χ3v) is 2.21. The van der Waals surface area contributed by atoms with E-state index in [4.69, 9.17) is 4.74 Å². The minimum Gasteiger partial charge on any atom is -0.465 e. The molecule has 2 aromatic heterocycles. The van der Waals surface area contributed by atoms with Crippen LogP contribution in [0.3, 0.4) is 0 Å². The van der Waals surface area contributed by atoms with Gasteiger partial charge in [-0.25, -0.2) is 5.10 Å². The summed E-state index contributed by atoms with van der Waals surface area (Å²) in [5.41, 5.74) is 0.358. The largest absolute Gasteiger partial charge is 0.465 e. The number of rotatable bonds is 3. The first-order valence-electron chi connectivity index (χ1n) is 4.90. The Hall–Kier alpha value is -2.11. The number of aromatic amines is 1. The second-order valence-corrected chi connectivity index (χ2v) is 3.25. The molecule has 0 atom stereocenters. The summed E-state index contributed by atoms with van der Waals surface area (Å²) in [4.78, 5) is 22.6. The highest BCUT2D eigenvalue weighted by atomic mass is 16.5. The van der Waals surface area contributed by atoms with Gasteiger partial charge in [-0.05, 0) is 13.0 Å². The molecule has 2 rings (SSSR count). The maximum absolute atomic E-state index is 11.4. The molecule has 6 heteroatoms. The summed E-state index contributed by atoms with van der Waals surface area (Å²) in [5.74, 6) is -0.333. The molecule has 0 unspecified atom stereocenters. The lowest BCUT2D eigenvalue weighted by atomic mass is 10.4. The zero-order chi connectivity index (χ0) is 11.5. The Labute approximate surface area is 90.8 Å². The first-order chi connectivity index (χ1) is 7.72. The number of nitrogens with zero attached hydrogens (tertiary/aromatic N) is 2. The zero-order valence-electron chi connectivity index (χ0n) is 8.77. The van der Waals surface area contributed by atoms with E-state index in [1.54, 1.807) is 23.8 Å². The number of hydrogen-bond acceptors (Lipinski definition) is 4. The molecule has 6 nitrogen and oxygen atoms in total. The van der Waals surface area contributed by atoms with Gasteiger partial charge < -0.3 is 9.30 Å². The number of fused-ring (bicyclic) bond motifs is 1. The molecule has 1 N–H and O–H groups in total. The van der Waals surface area contributed by atoms with Gasteiger partial charge in [0.15, 0.2) is 0 Å². The summed E-state index contributed by atoms with van der Waals surface area (Å²) in [7, 11) is 0. The van der Waals surface area contributed by atoms with E-state index in [1.165, 1.54) is 6.20 Å². The van der Waals surface area contributed by atoms with Crippen molar-refractivity contribution in [1.29, 1.82) is 0 Å². The number of carbonyl (C=O) groups is 1. The van der Waals surface area contributed by atoms with Crippen molar-refractivity contribution < 1.29 is 9.53 Å². The molecule has 2 aromatic rings. The second-order valence-electron chi connectivity index (χ2n) is 3.25. The number of carbonyl (C=O) groups excluding carboxylic acids is 1. The van der Waals surface area contributed by atoms with Crippen molar-refractivity contribution >= 4 is 16.9 Å². The minimum atomic E-state index is -0.333. The van der Waals surface area contributed by atoms with Gasteiger partial charge >= 0.3 is 5.97 Å². The Bertz CT molecular complexity index is 570. The molecule has 16 heavy (non-hydrogen) atoms. The average molecular weight is 221 g/mol. The highest BCUT2D eigenvalue weighted by molar-refractivity contribution is 5.80. The lowest BCUT2D eigenvalue weighted by Gasteiger charge is -2.04. The first-order valence-corrected chi connectivity index (χ1v) is 4.90. The monoisotopic (exact) mass is 221 g/mol. The molecule has 0 spiro atoms. The fraction of sp³-hybridized carbons (Fsp3) is 0.300. The van der Waals surface area contributed by atoms with Crippen LogP contribution in [-0.4, -0.2) is 27.3 Å². The number of H-pyrrole nitrogens is 1. The van der Waals surface area contributed by atoms with E-state index in [-0.39, 0.29) is 18.1 Å². The van der Waals surface area contributed by atoms with Crippen LogP contribution in [0.2, 0.25) is 0 Å². The van der Waals surface area contributed by atoms with E-state index in [0.717, 1.165) is 0 Å². The Morgan fingerprint density at radius 3 is 3.19 bits per heavy atom. The van der Waals surface area contributed by atoms with Crippen LogP contribution in [0.4, 0.5) is 0 Å². The number of esters is 1. The van der Waals surface area contributed by atoms with Gasteiger partial charge in [-0.15, -0.1) is 0 Å². The number of hydrogen-bond donors (Lipinski definition) is 1. The van der Waals surface area contributed by atoms with E-state index >= 15 is 0 Å². The van der Waals surface area contributed by atoms with Crippen molar-refractivity contribution in [1.82, 2.24) is 14.8 Å². The molecule has 0 aliphatic carbocycles. The predicted octanol–water partition coefficient (Wildman–Crippen LogP) is 0.288.